The average Bonchev–Trinajstić information content (AvgIpc) is 3.79. The van der Waals surface area contributed by atoms with Crippen LogP contribution in [0, 0.1) is 45.3 Å². The minimum Gasteiger partial charge on any atom is -0.248 e. The Hall–Kier alpha value is -8.68. The molecule has 0 saturated heterocycles. The number of nitriles is 4. The number of nitrogens with zero attached hydrogens (tertiary/aromatic N) is 6. The normalized spacial score (nSPS) is 11.0. The van der Waals surface area contributed by atoms with E-state index in [1.54, 1.807) is 0 Å². The number of hydrogen-bond acceptors (Lipinski definition) is 4. The van der Waals surface area contributed by atoms with Crippen molar-refractivity contribution >= 4 is 43.6 Å². The van der Waals surface area contributed by atoms with Crippen LogP contribution in [0.25, 0.3) is 88.1 Å². The van der Waals surface area contributed by atoms with Crippen LogP contribution < -0.4 is 0 Å². The van der Waals surface area contributed by atoms with E-state index in [-0.39, 0.29) is 0 Å². The fraction of sp³-hybridized carbons (Fsp3) is 0. The second kappa shape index (κ2) is 13.6. The van der Waals surface area contributed by atoms with Gasteiger partial charge in [-0.3, -0.25) is 0 Å². The van der Waals surface area contributed by atoms with Gasteiger partial charge in [-0.15, -0.1) is 0 Å². The van der Waals surface area contributed by atoms with Gasteiger partial charge in [-0.1, -0.05) is 72.8 Å². The molecule has 2 aromatic heterocycles. The molecule has 2 heterocycles. The zero-order valence-corrected chi connectivity index (χ0v) is 30.8. The molecule has 10 rings (SSSR count). The Kier molecular flexibility index (Phi) is 7.92. The van der Waals surface area contributed by atoms with Crippen LogP contribution in [-0.4, -0.2) is 9.35 Å². The smallest absolute Gasteiger partial charge is 0.0991 e. The summed E-state index contributed by atoms with van der Waals surface area (Å²) < 4.78 is 4.62. The third-order valence-corrected chi connectivity index (χ3v) is 11.1. The van der Waals surface area contributed by atoms with E-state index in [9.17, 15) is 21.0 Å². The summed E-state index contributed by atoms with van der Waals surface area (Å²) in [7, 11) is 0. The molecular weight excluding hydrogens is 709 g/mol. The Balaban J connectivity index is 1.26. The molecule has 10 aromatic rings. The van der Waals surface area contributed by atoms with Gasteiger partial charge < -0.3 is 0 Å². The minimum atomic E-state index is 0.615. The van der Waals surface area contributed by atoms with Crippen LogP contribution in [0.1, 0.15) is 22.3 Å². The van der Waals surface area contributed by atoms with Crippen molar-refractivity contribution in [2.24, 2.45) is 0 Å². The van der Waals surface area contributed by atoms with Crippen molar-refractivity contribution in [3.05, 3.63) is 192 Å². The highest BCUT2D eigenvalue weighted by atomic mass is 15.5. The van der Waals surface area contributed by atoms with Crippen molar-refractivity contribution in [2.75, 3.05) is 0 Å². The lowest BCUT2D eigenvalue weighted by Gasteiger charge is -2.14. The van der Waals surface area contributed by atoms with E-state index in [0.717, 1.165) is 88.1 Å². The Morgan fingerprint density at radius 1 is 0.241 bits per heavy atom. The van der Waals surface area contributed by atoms with E-state index in [1.165, 1.54) is 0 Å². The maximum atomic E-state index is 9.44. The van der Waals surface area contributed by atoms with Crippen LogP contribution in [0.5, 0.6) is 0 Å². The van der Waals surface area contributed by atoms with Crippen LogP contribution in [-0.2, 0) is 0 Å². The highest BCUT2D eigenvalue weighted by molar-refractivity contribution is 6.14. The molecule has 0 aliphatic heterocycles. The van der Waals surface area contributed by atoms with Crippen molar-refractivity contribution in [1.29, 1.82) is 21.0 Å². The van der Waals surface area contributed by atoms with Crippen LogP contribution in [0.15, 0.2) is 170 Å². The van der Waals surface area contributed by atoms with Crippen molar-refractivity contribution in [3.8, 4) is 68.8 Å². The fourth-order valence-corrected chi connectivity index (χ4v) is 8.10. The molecule has 0 aliphatic rings. The van der Waals surface area contributed by atoms with Crippen molar-refractivity contribution in [3.63, 3.8) is 0 Å². The van der Waals surface area contributed by atoms with Gasteiger partial charge in [-0.05, 0) is 142 Å². The first-order valence-electron chi connectivity index (χ1n) is 18.7. The lowest BCUT2D eigenvalue weighted by Crippen LogP contribution is -2.08. The third kappa shape index (κ3) is 5.54. The molecule has 0 bridgehead atoms. The topological polar surface area (TPSA) is 105 Å². The molecule has 0 amide bonds. The molecule has 0 spiro atoms. The molecule has 0 N–H and O–H groups in total. The molecule has 0 radical (unpaired) electrons. The van der Waals surface area contributed by atoms with Crippen LogP contribution in [0.4, 0.5) is 0 Å². The minimum absolute atomic E-state index is 0.615. The Morgan fingerprint density at radius 2 is 0.431 bits per heavy atom. The first-order chi connectivity index (χ1) is 28.5. The van der Waals surface area contributed by atoms with Gasteiger partial charge in [0.15, 0.2) is 0 Å². The molecule has 8 aromatic carbocycles. The Morgan fingerprint density at radius 3 is 0.621 bits per heavy atom. The summed E-state index contributed by atoms with van der Waals surface area (Å²) in [6, 6.07) is 65.8. The predicted octanol–water partition coefficient (Wildman–Crippen LogP) is 12.4. The molecule has 0 unspecified atom stereocenters. The summed E-state index contributed by atoms with van der Waals surface area (Å²) in [5.74, 6) is 0. The molecular formula is C52H28N6. The molecule has 0 atom stereocenters. The Labute approximate surface area is 333 Å². The third-order valence-electron chi connectivity index (χ3n) is 11.1. The van der Waals surface area contributed by atoms with E-state index in [4.69, 9.17) is 0 Å². The average molecular weight is 737 g/mol. The van der Waals surface area contributed by atoms with Crippen molar-refractivity contribution in [2.45, 2.75) is 0 Å². The number of aromatic nitrogens is 2. The maximum absolute atomic E-state index is 9.44. The summed E-state index contributed by atoms with van der Waals surface area (Å²) in [6.07, 6.45) is 0. The number of hydrogen-bond donors (Lipinski definition) is 0. The second-order valence-corrected chi connectivity index (χ2v) is 14.3. The highest BCUT2D eigenvalue weighted by Gasteiger charge is 2.20. The van der Waals surface area contributed by atoms with E-state index >= 15 is 0 Å². The van der Waals surface area contributed by atoms with E-state index in [2.05, 4.69) is 106 Å². The monoisotopic (exact) mass is 736 g/mol. The van der Waals surface area contributed by atoms with Gasteiger partial charge in [0.2, 0.25) is 0 Å². The molecule has 266 valence electrons. The van der Waals surface area contributed by atoms with Gasteiger partial charge >= 0.3 is 0 Å². The summed E-state index contributed by atoms with van der Waals surface area (Å²) in [4.78, 5) is 0. The zero-order valence-electron chi connectivity index (χ0n) is 30.8. The largest absolute Gasteiger partial charge is 0.248 e. The van der Waals surface area contributed by atoms with Gasteiger partial charge in [0.1, 0.15) is 0 Å². The molecule has 0 saturated carbocycles. The second-order valence-electron chi connectivity index (χ2n) is 14.3. The molecule has 6 nitrogen and oxygen atoms in total. The highest BCUT2D eigenvalue weighted by Crippen LogP contribution is 2.40. The number of benzene rings is 8. The number of rotatable bonds is 5. The summed E-state index contributed by atoms with van der Waals surface area (Å²) in [5, 5.41) is 42.1. The summed E-state index contributed by atoms with van der Waals surface area (Å²) >= 11 is 0. The summed E-state index contributed by atoms with van der Waals surface area (Å²) in [5.41, 5.74) is 14.8. The van der Waals surface area contributed by atoms with Gasteiger partial charge in [0.05, 0.1) is 68.6 Å². The maximum Gasteiger partial charge on any atom is 0.0991 e. The van der Waals surface area contributed by atoms with E-state index in [0.29, 0.717) is 22.3 Å². The molecule has 0 fully saturated rings. The van der Waals surface area contributed by atoms with Crippen LogP contribution in [0.3, 0.4) is 0 Å². The van der Waals surface area contributed by atoms with Crippen LogP contribution >= 0.6 is 0 Å². The van der Waals surface area contributed by atoms with Crippen LogP contribution in [0.2, 0.25) is 0 Å². The lowest BCUT2D eigenvalue weighted by atomic mass is 9.99. The van der Waals surface area contributed by atoms with Crippen molar-refractivity contribution < 1.29 is 0 Å². The van der Waals surface area contributed by atoms with E-state index < -0.39 is 0 Å². The van der Waals surface area contributed by atoms with Gasteiger partial charge in [-0.2, -0.15) is 21.0 Å². The first kappa shape index (κ1) is 33.9. The van der Waals surface area contributed by atoms with E-state index in [1.807, 2.05) is 97.1 Å². The summed E-state index contributed by atoms with van der Waals surface area (Å²) in [6.45, 7) is 0. The van der Waals surface area contributed by atoms with Gasteiger partial charge in [0.25, 0.3) is 0 Å². The Bertz CT molecular complexity index is 2980. The van der Waals surface area contributed by atoms with Crippen molar-refractivity contribution in [1.82, 2.24) is 9.35 Å². The SMILES string of the molecule is N#Cc1ccc(-c2ccc3c(c2)c2cc(-c4ccc(C#N)cc4)ccc2n3-n2c3ccc(-c4ccc(C#N)cc4)cc3c3cc(-c4ccc(C#N)cc4)ccc32)cc1. The van der Waals surface area contributed by atoms with Gasteiger partial charge in [0, 0.05) is 21.5 Å². The molecule has 58 heavy (non-hydrogen) atoms. The lowest BCUT2D eigenvalue weighted by molar-refractivity contribution is 0.775. The quantitative estimate of drug-likeness (QED) is 0.175. The standard InChI is InChI=1S/C52H28N6/c53-29-33-1-9-37(10-2-33)41-17-21-49-45(25-41)46-26-42(38-11-3-34(30-54)4-12-38)18-22-50(46)57(49)58-51-23-19-43(39-13-5-35(31-55)6-14-39)27-47(51)48-28-44(20-24-52(48)58)40-15-7-36(32-56)8-16-40/h1-28H. The molecule has 0 aliphatic carbocycles. The zero-order chi connectivity index (χ0) is 39.3. The first-order valence-corrected chi connectivity index (χ1v) is 18.7. The fourth-order valence-electron chi connectivity index (χ4n) is 8.10. The number of fused-ring (bicyclic) bond motifs is 6. The predicted molar refractivity (Wildman–Crippen MR) is 230 cm³/mol. The molecule has 6 heteroatoms. The van der Waals surface area contributed by atoms with Gasteiger partial charge in [-0.25, -0.2) is 9.35 Å².